The van der Waals surface area contributed by atoms with Gasteiger partial charge in [-0.1, -0.05) is 17.8 Å². The van der Waals surface area contributed by atoms with Crippen LogP contribution in [0.4, 0.5) is 4.79 Å². The summed E-state index contributed by atoms with van der Waals surface area (Å²) in [6.45, 7) is 5.49. The van der Waals surface area contributed by atoms with Crippen LogP contribution in [-0.4, -0.2) is 52.8 Å². The number of carbonyl (C=O) groups is 2. The van der Waals surface area contributed by atoms with Crippen LogP contribution in [0.25, 0.3) is 11.4 Å². The van der Waals surface area contributed by atoms with Gasteiger partial charge in [-0.15, -0.1) is 10.2 Å². The molecular weight excluding hydrogens is 470 g/mol. The highest BCUT2D eigenvalue weighted by atomic mass is 32.2. The average Bonchev–Trinajstić information content (AvgIpc) is 3.25. The Hall–Kier alpha value is -3.73. The molecule has 0 aliphatic heterocycles. The van der Waals surface area contributed by atoms with E-state index in [1.54, 1.807) is 7.11 Å². The lowest BCUT2D eigenvalue weighted by Gasteiger charge is -2.14. The predicted molar refractivity (Wildman–Crippen MR) is 133 cm³/mol. The van der Waals surface area contributed by atoms with E-state index in [9.17, 15) is 9.59 Å². The Morgan fingerprint density at radius 2 is 1.74 bits per heavy atom. The van der Waals surface area contributed by atoms with Crippen molar-refractivity contribution in [2.45, 2.75) is 32.0 Å². The predicted octanol–water partition coefficient (Wildman–Crippen LogP) is 3.28. The van der Waals surface area contributed by atoms with E-state index in [0.29, 0.717) is 48.7 Å². The third-order valence-electron chi connectivity index (χ3n) is 4.89. The Morgan fingerprint density at radius 3 is 2.40 bits per heavy atom. The third kappa shape index (κ3) is 7.12. The number of ether oxygens (including phenoxy) is 3. The first-order valence-electron chi connectivity index (χ1n) is 11.1. The zero-order valence-electron chi connectivity index (χ0n) is 19.9. The SMILES string of the molecule is CCOc1ccc(CCn2c(SCC(=O)NC(N)=O)nnc2-c2ccc(OC)cc2)cc1OCC. The van der Waals surface area contributed by atoms with Gasteiger partial charge in [0.25, 0.3) is 0 Å². The van der Waals surface area contributed by atoms with Crippen molar-refractivity contribution in [3.63, 3.8) is 0 Å². The maximum Gasteiger partial charge on any atom is 0.318 e. The van der Waals surface area contributed by atoms with Crippen LogP contribution in [-0.2, 0) is 17.8 Å². The standard InChI is InChI=1S/C24H29N5O5S/c1-4-33-19-11-6-16(14-20(19)34-5-2)12-13-29-22(17-7-9-18(32-3)10-8-17)27-28-24(29)35-15-21(30)26-23(25)31/h6-11,14H,4-5,12-13,15H2,1-3H3,(H3,25,26,30,31). The third-order valence-corrected chi connectivity index (χ3v) is 5.86. The second-order valence-corrected chi connectivity index (χ2v) is 8.23. The molecule has 0 fully saturated rings. The summed E-state index contributed by atoms with van der Waals surface area (Å²) in [4.78, 5) is 22.9. The van der Waals surface area contributed by atoms with E-state index in [0.717, 1.165) is 16.9 Å². The maximum absolute atomic E-state index is 11.9. The summed E-state index contributed by atoms with van der Waals surface area (Å²) < 4.78 is 18.6. The molecule has 3 rings (SSSR count). The molecular formula is C24H29N5O5S. The Labute approximate surface area is 208 Å². The van der Waals surface area contributed by atoms with Crippen LogP contribution in [0.5, 0.6) is 17.2 Å². The van der Waals surface area contributed by atoms with Crippen LogP contribution >= 0.6 is 11.8 Å². The average molecular weight is 500 g/mol. The highest BCUT2D eigenvalue weighted by Gasteiger charge is 2.17. The van der Waals surface area contributed by atoms with Gasteiger partial charge >= 0.3 is 6.03 Å². The van der Waals surface area contributed by atoms with Crippen molar-refractivity contribution in [3.8, 4) is 28.6 Å². The van der Waals surface area contributed by atoms with Gasteiger partial charge in [-0.25, -0.2) is 4.79 Å². The van der Waals surface area contributed by atoms with Crippen LogP contribution in [0.3, 0.4) is 0 Å². The molecule has 0 radical (unpaired) electrons. The van der Waals surface area contributed by atoms with Crippen LogP contribution in [0.2, 0.25) is 0 Å². The number of aromatic nitrogens is 3. The van der Waals surface area contributed by atoms with Gasteiger partial charge in [0.2, 0.25) is 5.91 Å². The number of nitrogens with one attached hydrogen (secondary N) is 1. The quantitative estimate of drug-likeness (QED) is 0.363. The molecule has 0 atom stereocenters. The number of thioether (sulfide) groups is 1. The van der Waals surface area contributed by atoms with Crippen molar-refractivity contribution < 1.29 is 23.8 Å². The van der Waals surface area contributed by atoms with Gasteiger partial charge in [0.05, 0.1) is 26.1 Å². The normalized spacial score (nSPS) is 10.6. The van der Waals surface area contributed by atoms with E-state index in [2.05, 4.69) is 15.5 Å². The number of hydrogen-bond acceptors (Lipinski definition) is 8. The summed E-state index contributed by atoms with van der Waals surface area (Å²) in [5.74, 6) is 2.26. The highest BCUT2D eigenvalue weighted by molar-refractivity contribution is 7.99. The minimum Gasteiger partial charge on any atom is -0.497 e. The van der Waals surface area contributed by atoms with Gasteiger partial charge in [0.15, 0.2) is 22.5 Å². The number of amides is 3. The van der Waals surface area contributed by atoms with E-state index >= 15 is 0 Å². The number of nitrogens with zero attached hydrogens (tertiary/aromatic N) is 3. The number of aryl methyl sites for hydroxylation is 1. The molecule has 3 aromatic rings. The molecule has 0 spiro atoms. The van der Waals surface area contributed by atoms with Gasteiger partial charge in [0, 0.05) is 12.1 Å². The summed E-state index contributed by atoms with van der Waals surface area (Å²) in [5, 5.41) is 11.3. The molecule has 0 bridgehead atoms. The van der Waals surface area contributed by atoms with Crippen LogP contribution in [0, 0.1) is 0 Å². The molecule has 186 valence electrons. The van der Waals surface area contributed by atoms with Crippen LogP contribution in [0.1, 0.15) is 19.4 Å². The highest BCUT2D eigenvalue weighted by Crippen LogP contribution is 2.30. The van der Waals surface area contributed by atoms with Gasteiger partial charge in [-0.05, 0) is 62.2 Å². The minimum atomic E-state index is -0.892. The summed E-state index contributed by atoms with van der Waals surface area (Å²) in [7, 11) is 1.61. The zero-order valence-corrected chi connectivity index (χ0v) is 20.8. The molecule has 0 aliphatic carbocycles. The summed E-state index contributed by atoms with van der Waals surface area (Å²) in [6, 6.07) is 12.5. The van der Waals surface area contributed by atoms with Crippen molar-refractivity contribution in [2.75, 3.05) is 26.1 Å². The Bertz CT molecular complexity index is 1150. The number of urea groups is 1. The molecule has 3 amide bonds. The first-order valence-corrected chi connectivity index (χ1v) is 12.1. The molecule has 2 aromatic carbocycles. The van der Waals surface area contributed by atoms with Gasteiger partial charge in [-0.3, -0.25) is 10.1 Å². The van der Waals surface area contributed by atoms with Crippen molar-refractivity contribution in [3.05, 3.63) is 48.0 Å². The molecule has 10 nitrogen and oxygen atoms in total. The first-order chi connectivity index (χ1) is 16.9. The number of carbonyl (C=O) groups excluding carboxylic acids is 2. The van der Waals surface area contributed by atoms with Crippen LogP contribution in [0.15, 0.2) is 47.6 Å². The number of imide groups is 1. The molecule has 3 N–H and O–H groups in total. The smallest absolute Gasteiger partial charge is 0.318 e. The van der Waals surface area contributed by atoms with E-state index in [4.69, 9.17) is 19.9 Å². The summed E-state index contributed by atoms with van der Waals surface area (Å²) in [5.41, 5.74) is 6.93. The van der Waals surface area contributed by atoms with Gasteiger partial charge in [-0.2, -0.15) is 0 Å². The molecule has 0 saturated carbocycles. The Morgan fingerprint density at radius 1 is 1.03 bits per heavy atom. The number of primary amides is 1. The molecule has 11 heteroatoms. The number of rotatable bonds is 12. The van der Waals surface area contributed by atoms with Crippen molar-refractivity contribution in [1.82, 2.24) is 20.1 Å². The fraction of sp³-hybridized carbons (Fsp3) is 0.333. The lowest BCUT2D eigenvalue weighted by molar-refractivity contribution is -0.117. The lowest BCUT2D eigenvalue weighted by atomic mass is 10.1. The van der Waals surface area contributed by atoms with E-state index in [1.165, 1.54) is 11.8 Å². The molecule has 0 unspecified atom stereocenters. The van der Waals surface area contributed by atoms with E-state index in [-0.39, 0.29) is 5.75 Å². The fourth-order valence-electron chi connectivity index (χ4n) is 3.35. The number of nitrogens with two attached hydrogens (primary N) is 1. The second kappa shape index (κ2) is 12.7. The molecule has 0 aliphatic rings. The number of methoxy groups -OCH3 is 1. The van der Waals surface area contributed by atoms with Crippen molar-refractivity contribution in [2.24, 2.45) is 5.73 Å². The number of benzene rings is 2. The zero-order chi connectivity index (χ0) is 25.2. The van der Waals surface area contributed by atoms with E-state index in [1.807, 2.05) is 60.9 Å². The van der Waals surface area contributed by atoms with Crippen molar-refractivity contribution >= 4 is 23.7 Å². The van der Waals surface area contributed by atoms with Crippen molar-refractivity contribution in [1.29, 1.82) is 0 Å². The monoisotopic (exact) mass is 499 g/mol. The van der Waals surface area contributed by atoms with E-state index < -0.39 is 11.9 Å². The lowest BCUT2D eigenvalue weighted by Crippen LogP contribution is -2.36. The summed E-state index contributed by atoms with van der Waals surface area (Å²) in [6.07, 6.45) is 0.661. The Kier molecular flexibility index (Phi) is 9.36. The summed E-state index contributed by atoms with van der Waals surface area (Å²) >= 11 is 1.18. The first kappa shape index (κ1) is 25.9. The molecule has 35 heavy (non-hydrogen) atoms. The maximum atomic E-state index is 11.9. The second-order valence-electron chi connectivity index (χ2n) is 7.28. The Balaban J connectivity index is 1.85. The fourth-order valence-corrected chi connectivity index (χ4v) is 4.11. The van der Waals surface area contributed by atoms with Gasteiger partial charge in [0.1, 0.15) is 5.75 Å². The molecule has 1 aromatic heterocycles. The van der Waals surface area contributed by atoms with Crippen LogP contribution < -0.4 is 25.3 Å². The largest absolute Gasteiger partial charge is 0.497 e. The molecule has 0 saturated heterocycles. The molecule has 1 heterocycles. The number of hydrogen-bond donors (Lipinski definition) is 2. The minimum absolute atomic E-state index is 0.0266. The van der Waals surface area contributed by atoms with Gasteiger partial charge < -0.3 is 24.5 Å². The topological polar surface area (TPSA) is 131 Å².